The van der Waals surface area contributed by atoms with Crippen molar-refractivity contribution < 1.29 is 4.74 Å². The third-order valence-electron chi connectivity index (χ3n) is 5.64. The maximum absolute atomic E-state index is 6.09. The van der Waals surface area contributed by atoms with Crippen LogP contribution in [0.15, 0.2) is 53.4 Å². The Balaban J connectivity index is 1.54. The first-order valence-electron chi connectivity index (χ1n) is 12.0. The molecule has 0 heterocycles. The van der Waals surface area contributed by atoms with Crippen LogP contribution < -0.4 is 4.74 Å². The van der Waals surface area contributed by atoms with Crippen LogP contribution in [0.2, 0.25) is 0 Å². The predicted molar refractivity (Wildman–Crippen MR) is 137 cm³/mol. The Hall–Kier alpha value is -1.06. The van der Waals surface area contributed by atoms with Crippen molar-refractivity contribution in [1.82, 2.24) is 0 Å². The normalized spacial score (nSPS) is 11.0. The van der Waals surface area contributed by atoms with Crippen LogP contribution >= 0.6 is 22.5 Å². The molecule has 166 valence electrons. The zero-order valence-electron chi connectivity index (χ0n) is 18.8. The molecule has 0 N–H and O–H groups in total. The van der Waals surface area contributed by atoms with Crippen LogP contribution in [-0.4, -0.2) is 0 Å². The van der Waals surface area contributed by atoms with E-state index < -0.39 is 0 Å². The predicted octanol–water partition coefficient (Wildman–Crippen LogP) is 10.0. The van der Waals surface area contributed by atoms with Crippen LogP contribution in [0.5, 0.6) is 11.5 Å². The van der Waals surface area contributed by atoms with Crippen molar-refractivity contribution in [2.24, 2.45) is 0 Å². The molecular formula is C27H40OS2. The van der Waals surface area contributed by atoms with Crippen LogP contribution in [-0.2, 0) is 6.42 Å². The van der Waals surface area contributed by atoms with E-state index in [4.69, 9.17) is 4.74 Å². The number of hydrogen-bond donors (Lipinski definition) is 1. The molecule has 2 rings (SSSR count). The number of thiol groups is 1. The fraction of sp³-hybridized carbons (Fsp3) is 0.556. The molecule has 0 saturated carbocycles. The first-order chi connectivity index (χ1) is 14.8. The van der Waals surface area contributed by atoms with Gasteiger partial charge in [-0.05, 0) is 42.7 Å². The van der Waals surface area contributed by atoms with Crippen molar-refractivity contribution in [3.63, 3.8) is 0 Å². The third-order valence-corrected chi connectivity index (χ3v) is 6.77. The van der Waals surface area contributed by atoms with E-state index in [0.717, 1.165) is 22.8 Å². The number of para-hydroxylation sites is 1. The summed E-state index contributed by atoms with van der Waals surface area (Å²) in [6.45, 7) is 2.29. The molecule has 1 nitrogen and oxygen atoms in total. The first kappa shape index (κ1) is 25.2. The van der Waals surface area contributed by atoms with Crippen molar-refractivity contribution in [1.29, 1.82) is 0 Å². The molecule has 3 heteroatoms. The molecule has 2 aromatic carbocycles. The van der Waals surface area contributed by atoms with Gasteiger partial charge in [0.25, 0.3) is 0 Å². The Bertz CT molecular complexity index is 686. The van der Waals surface area contributed by atoms with Gasteiger partial charge < -0.3 is 4.74 Å². The summed E-state index contributed by atoms with van der Waals surface area (Å²) >= 11 is 4.32. The van der Waals surface area contributed by atoms with E-state index in [-0.39, 0.29) is 0 Å². The second-order valence-corrected chi connectivity index (χ2v) is 9.45. The highest BCUT2D eigenvalue weighted by Gasteiger charge is 2.04. The van der Waals surface area contributed by atoms with Crippen molar-refractivity contribution in [3.05, 3.63) is 54.1 Å². The van der Waals surface area contributed by atoms with E-state index >= 15 is 0 Å². The molecule has 2 aromatic rings. The molecule has 0 aromatic heterocycles. The molecule has 0 aliphatic rings. The van der Waals surface area contributed by atoms with Crippen LogP contribution in [0.25, 0.3) is 0 Å². The van der Waals surface area contributed by atoms with Crippen LogP contribution in [0, 0.1) is 0 Å². The van der Waals surface area contributed by atoms with Gasteiger partial charge in [0.15, 0.2) is 0 Å². The maximum Gasteiger partial charge on any atom is 0.141 e. The Morgan fingerprint density at radius 2 is 1.30 bits per heavy atom. The van der Waals surface area contributed by atoms with Gasteiger partial charge in [-0.15, -0.1) is 11.7 Å². The minimum Gasteiger partial charge on any atom is -0.456 e. The van der Waals surface area contributed by atoms with Gasteiger partial charge in [-0.1, -0.05) is 119 Å². The van der Waals surface area contributed by atoms with E-state index in [2.05, 4.69) is 36.8 Å². The zero-order valence-corrected chi connectivity index (χ0v) is 20.5. The smallest absolute Gasteiger partial charge is 0.141 e. The van der Waals surface area contributed by atoms with E-state index in [1.807, 2.05) is 30.3 Å². The molecule has 0 aliphatic carbocycles. The Morgan fingerprint density at radius 1 is 0.700 bits per heavy atom. The lowest BCUT2D eigenvalue weighted by Gasteiger charge is -2.10. The topological polar surface area (TPSA) is 9.23 Å². The van der Waals surface area contributed by atoms with Crippen LogP contribution in [0.4, 0.5) is 0 Å². The molecule has 0 unspecified atom stereocenters. The molecule has 0 saturated heterocycles. The van der Waals surface area contributed by atoms with Crippen LogP contribution in [0.3, 0.4) is 0 Å². The molecule has 0 bridgehead atoms. The second kappa shape index (κ2) is 16.6. The van der Waals surface area contributed by atoms with Gasteiger partial charge in [-0.3, -0.25) is 0 Å². The third kappa shape index (κ3) is 10.8. The Kier molecular flexibility index (Phi) is 14.0. The fourth-order valence-corrected chi connectivity index (χ4v) is 4.64. The SMILES string of the molecule is CCCCCCCCCCCCCCCc1cccc(Oc2ccccc2SS)c1. The van der Waals surface area contributed by atoms with Gasteiger partial charge in [0.1, 0.15) is 11.5 Å². The first-order valence-corrected chi connectivity index (χ1v) is 13.9. The summed E-state index contributed by atoms with van der Waals surface area (Å²) in [7, 11) is 1.42. The number of benzene rings is 2. The molecule has 0 atom stereocenters. The van der Waals surface area contributed by atoms with E-state index in [9.17, 15) is 0 Å². The molecular weight excluding hydrogens is 404 g/mol. The summed E-state index contributed by atoms with van der Waals surface area (Å²) in [6, 6.07) is 16.6. The van der Waals surface area contributed by atoms with Gasteiger partial charge in [-0.2, -0.15) is 0 Å². The summed E-state index contributed by atoms with van der Waals surface area (Å²) in [5.41, 5.74) is 1.37. The van der Waals surface area contributed by atoms with Gasteiger partial charge in [0, 0.05) is 0 Å². The average Bonchev–Trinajstić information content (AvgIpc) is 2.77. The van der Waals surface area contributed by atoms with Crippen molar-refractivity contribution in [3.8, 4) is 11.5 Å². The second-order valence-electron chi connectivity index (χ2n) is 8.28. The van der Waals surface area contributed by atoms with E-state index in [0.29, 0.717) is 0 Å². The Labute approximate surface area is 194 Å². The summed E-state index contributed by atoms with van der Waals surface area (Å²) in [5.74, 6) is 1.78. The number of rotatable bonds is 17. The average molecular weight is 445 g/mol. The zero-order chi connectivity index (χ0) is 21.3. The summed E-state index contributed by atoms with van der Waals surface area (Å²) in [5, 5.41) is 0. The largest absolute Gasteiger partial charge is 0.456 e. The Morgan fingerprint density at radius 3 is 1.93 bits per heavy atom. The standard InChI is InChI=1S/C27H40OS2/c1-2-3-4-5-6-7-8-9-10-11-12-13-14-18-24-19-17-20-25(23-24)28-26-21-15-16-22-27(26)30-29/h15-17,19-23,29H,2-14,18H2,1H3. The lowest BCUT2D eigenvalue weighted by Crippen LogP contribution is -1.90. The van der Waals surface area contributed by atoms with Crippen molar-refractivity contribution in [2.45, 2.75) is 102 Å². The van der Waals surface area contributed by atoms with E-state index in [1.54, 1.807) is 0 Å². The molecule has 0 radical (unpaired) electrons. The van der Waals surface area contributed by atoms with E-state index in [1.165, 1.54) is 99.8 Å². The van der Waals surface area contributed by atoms with Gasteiger partial charge in [0.05, 0.1) is 4.90 Å². The number of hydrogen-bond acceptors (Lipinski definition) is 3. The highest BCUT2D eigenvalue weighted by molar-refractivity contribution is 8.68. The number of unbranched alkanes of at least 4 members (excludes halogenated alkanes) is 12. The highest BCUT2D eigenvalue weighted by Crippen LogP contribution is 2.34. The quantitative estimate of drug-likeness (QED) is 0.148. The van der Waals surface area contributed by atoms with Crippen molar-refractivity contribution in [2.75, 3.05) is 0 Å². The molecule has 0 aliphatic heterocycles. The molecule has 0 fully saturated rings. The van der Waals surface area contributed by atoms with Gasteiger partial charge in [0.2, 0.25) is 0 Å². The van der Waals surface area contributed by atoms with Crippen LogP contribution in [0.1, 0.15) is 96.0 Å². The molecule has 0 spiro atoms. The summed E-state index contributed by atoms with van der Waals surface area (Å²) < 4.78 is 6.09. The van der Waals surface area contributed by atoms with Gasteiger partial charge in [-0.25, -0.2) is 0 Å². The minimum absolute atomic E-state index is 0.871. The monoisotopic (exact) mass is 444 g/mol. The number of aryl methyl sites for hydroxylation is 1. The van der Waals surface area contributed by atoms with Gasteiger partial charge >= 0.3 is 0 Å². The maximum atomic E-state index is 6.09. The molecule has 30 heavy (non-hydrogen) atoms. The fourth-order valence-electron chi connectivity index (χ4n) is 3.85. The summed E-state index contributed by atoms with van der Waals surface area (Å²) in [4.78, 5) is 1.04. The summed E-state index contributed by atoms with van der Waals surface area (Å²) in [6.07, 6.45) is 19.3. The number of ether oxygens (including phenoxy) is 1. The lowest BCUT2D eigenvalue weighted by atomic mass is 10.0. The minimum atomic E-state index is 0.871. The molecule has 0 amide bonds. The highest BCUT2D eigenvalue weighted by atomic mass is 33.1. The van der Waals surface area contributed by atoms with Crippen molar-refractivity contribution >= 4 is 22.5 Å². The lowest BCUT2D eigenvalue weighted by molar-refractivity contribution is 0.470.